The van der Waals surface area contributed by atoms with Crippen LogP contribution in [0, 0.1) is 0 Å². The maximum absolute atomic E-state index is 3.43. The van der Waals surface area contributed by atoms with Gasteiger partial charge >= 0.3 is 0 Å². The second-order valence-electron chi connectivity index (χ2n) is 3.40. The van der Waals surface area contributed by atoms with E-state index in [0.717, 1.165) is 6.67 Å². The molecule has 3 nitrogen and oxygen atoms in total. The molecule has 0 aliphatic carbocycles. The van der Waals surface area contributed by atoms with Crippen molar-refractivity contribution in [2.24, 2.45) is 0 Å². The molecule has 0 aromatic rings. The van der Waals surface area contributed by atoms with Crippen LogP contribution in [0.25, 0.3) is 0 Å². The van der Waals surface area contributed by atoms with Crippen LogP contribution in [0.3, 0.4) is 0 Å². The van der Waals surface area contributed by atoms with E-state index in [4.69, 9.17) is 0 Å². The van der Waals surface area contributed by atoms with Crippen molar-refractivity contribution >= 4 is 0 Å². The summed E-state index contributed by atoms with van der Waals surface area (Å²) in [4.78, 5) is 0. The van der Waals surface area contributed by atoms with Gasteiger partial charge in [0, 0.05) is 19.6 Å². The molecule has 2 fully saturated rings. The Hall–Kier alpha value is -0.120. The second-order valence-corrected chi connectivity index (χ2v) is 3.40. The van der Waals surface area contributed by atoms with E-state index in [1.807, 2.05) is 0 Å². The van der Waals surface area contributed by atoms with Gasteiger partial charge in [0.25, 0.3) is 0 Å². The van der Waals surface area contributed by atoms with Crippen molar-refractivity contribution < 1.29 is 0 Å². The van der Waals surface area contributed by atoms with Crippen LogP contribution in [0.5, 0.6) is 0 Å². The van der Waals surface area contributed by atoms with Crippen molar-refractivity contribution in [2.45, 2.75) is 19.3 Å². The van der Waals surface area contributed by atoms with Gasteiger partial charge in [-0.25, -0.2) is 10.0 Å². The topological polar surface area (TPSA) is 18.5 Å². The van der Waals surface area contributed by atoms with Gasteiger partial charge in [-0.05, 0) is 25.8 Å². The molecule has 2 aliphatic heterocycles. The number of rotatable bonds is 1. The van der Waals surface area contributed by atoms with E-state index < -0.39 is 0 Å². The Bertz CT molecular complexity index is 115. The average molecular weight is 155 g/mol. The standard InChI is InChI=1S/C8H17N3/c1-2-5-11(8-9-4-1)10-6-3-7-10/h9H,1-8H2. The molecule has 1 N–H and O–H groups in total. The molecule has 0 unspecified atom stereocenters. The molecule has 0 bridgehead atoms. The summed E-state index contributed by atoms with van der Waals surface area (Å²) in [6.07, 6.45) is 4.07. The van der Waals surface area contributed by atoms with Crippen molar-refractivity contribution in [3.05, 3.63) is 0 Å². The molecule has 0 spiro atoms. The van der Waals surface area contributed by atoms with Crippen molar-refractivity contribution in [3.8, 4) is 0 Å². The second kappa shape index (κ2) is 3.52. The molecule has 3 heteroatoms. The fourth-order valence-electron chi connectivity index (χ4n) is 1.66. The first kappa shape index (κ1) is 7.53. The average Bonchev–Trinajstić information content (AvgIpc) is 2.12. The van der Waals surface area contributed by atoms with Crippen LogP contribution in [0.15, 0.2) is 0 Å². The minimum atomic E-state index is 1.07. The molecule has 0 radical (unpaired) electrons. The summed E-state index contributed by atoms with van der Waals surface area (Å²) in [6.45, 7) is 6.08. The number of nitrogens with one attached hydrogen (secondary N) is 1. The van der Waals surface area contributed by atoms with Gasteiger partial charge in [0.05, 0.1) is 6.67 Å². The highest BCUT2D eigenvalue weighted by molar-refractivity contribution is 4.69. The molecular weight excluding hydrogens is 138 g/mol. The quantitative estimate of drug-likeness (QED) is 0.585. The molecule has 0 atom stereocenters. The maximum Gasteiger partial charge on any atom is 0.0623 e. The van der Waals surface area contributed by atoms with Gasteiger partial charge in [0.15, 0.2) is 0 Å². The number of hydrogen-bond acceptors (Lipinski definition) is 3. The van der Waals surface area contributed by atoms with E-state index in [9.17, 15) is 0 Å². The van der Waals surface area contributed by atoms with Gasteiger partial charge in [-0.1, -0.05) is 0 Å². The predicted molar refractivity (Wildman–Crippen MR) is 45.0 cm³/mol. The summed E-state index contributed by atoms with van der Waals surface area (Å²) in [6, 6.07) is 0. The van der Waals surface area contributed by atoms with Crippen molar-refractivity contribution in [3.63, 3.8) is 0 Å². The molecule has 0 amide bonds. The highest BCUT2D eigenvalue weighted by atomic mass is 15.7. The highest BCUT2D eigenvalue weighted by Gasteiger charge is 2.21. The van der Waals surface area contributed by atoms with Crippen LogP contribution in [0.2, 0.25) is 0 Å². The summed E-state index contributed by atoms with van der Waals surface area (Å²) >= 11 is 0. The number of hydrogen-bond donors (Lipinski definition) is 1. The zero-order valence-electron chi connectivity index (χ0n) is 7.05. The van der Waals surface area contributed by atoms with Crippen molar-refractivity contribution in [1.29, 1.82) is 0 Å². The van der Waals surface area contributed by atoms with Gasteiger partial charge in [-0.2, -0.15) is 0 Å². The summed E-state index contributed by atoms with van der Waals surface area (Å²) in [7, 11) is 0. The van der Waals surface area contributed by atoms with Crippen LogP contribution in [0.4, 0.5) is 0 Å². The smallest absolute Gasteiger partial charge is 0.0623 e. The summed E-state index contributed by atoms with van der Waals surface area (Å²) in [5.74, 6) is 0. The lowest BCUT2D eigenvalue weighted by molar-refractivity contribution is -0.0734. The molecule has 64 valence electrons. The Morgan fingerprint density at radius 3 is 2.36 bits per heavy atom. The summed E-state index contributed by atoms with van der Waals surface area (Å²) in [5.41, 5.74) is 0. The SMILES string of the molecule is C1CCN(N2CCC2)CNC1. The molecule has 0 saturated carbocycles. The first-order valence-corrected chi connectivity index (χ1v) is 4.67. The first-order chi connectivity index (χ1) is 5.47. The molecule has 2 heterocycles. The summed E-state index contributed by atoms with van der Waals surface area (Å²) in [5, 5.41) is 8.34. The molecule has 0 aromatic carbocycles. The normalized spacial score (nSPS) is 29.5. The minimum absolute atomic E-state index is 1.07. The number of hydrazine groups is 1. The Morgan fingerprint density at radius 2 is 1.64 bits per heavy atom. The van der Waals surface area contributed by atoms with E-state index >= 15 is 0 Å². The van der Waals surface area contributed by atoms with E-state index in [2.05, 4.69) is 15.3 Å². The zero-order valence-corrected chi connectivity index (χ0v) is 7.05. The van der Waals surface area contributed by atoms with E-state index in [1.165, 1.54) is 45.4 Å². The van der Waals surface area contributed by atoms with Crippen LogP contribution in [-0.4, -0.2) is 42.9 Å². The largest absolute Gasteiger partial charge is 0.303 e. The lowest BCUT2D eigenvalue weighted by Gasteiger charge is -2.40. The Morgan fingerprint density at radius 1 is 0.818 bits per heavy atom. The molecule has 2 aliphatic rings. The molecular formula is C8H17N3. The first-order valence-electron chi connectivity index (χ1n) is 4.67. The lowest BCUT2D eigenvalue weighted by atomic mass is 10.2. The minimum Gasteiger partial charge on any atom is -0.303 e. The van der Waals surface area contributed by atoms with Crippen LogP contribution in [0.1, 0.15) is 19.3 Å². The third-order valence-corrected chi connectivity index (χ3v) is 2.55. The molecule has 2 saturated heterocycles. The van der Waals surface area contributed by atoms with E-state index in [0.29, 0.717) is 0 Å². The van der Waals surface area contributed by atoms with Crippen molar-refractivity contribution in [1.82, 2.24) is 15.3 Å². The van der Waals surface area contributed by atoms with Gasteiger partial charge in [-0.3, -0.25) is 0 Å². The molecule has 11 heavy (non-hydrogen) atoms. The maximum atomic E-state index is 3.43. The van der Waals surface area contributed by atoms with Crippen LogP contribution in [-0.2, 0) is 0 Å². The fourth-order valence-corrected chi connectivity index (χ4v) is 1.66. The van der Waals surface area contributed by atoms with Crippen molar-refractivity contribution in [2.75, 3.05) is 32.8 Å². The monoisotopic (exact) mass is 155 g/mol. The van der Waals surface area contributed by atoms with E-state index in [-0.39, 0.29) is 0 Å². The lowest BCUT2D eigenvalue weighted by Crippen LogP contribution is -2.52. The summed E-state index contributed by atoms with van der Waals surface area (Å²) < 4.78 is 0. The zero-order chi connectivity index (χ0) is 7.52. The third kappa shape index (κ3) is 1.72. The Labute approximate surface area is 68.3 Å². The van der Waals surface area contributed by atoms with Gasteiger partial charge in [-0.15, -0.1) is 0 Å². The third-order valence-electron chi connectivity index (χ3n) is 2.55. The Kier molecular flexibility index (Phi) is 2.41. The van der Waals surface area contributed by atoms with Crippen LogP contribution < -0.4 is 5.32 Å². The highest BCUT2D eigenvalue weighted by Crippen LogP contribution is 2.11. The van der Waals surface area contributed by atoms with Gasteiger partial charge in [0.1, 0.15) is 0 Å². The van der Waals surface area contributed by atoms with Gasteiger partial charge < -0.3 is 5.32 Å². The van der Waals surface area contributed by atoms with E-state index in [1.54, 1.807) is 0 Å². The Balaban J connectivity index is 1.80. The predicted octanol–water partition coefficient (Wildman–Crippen LogP) is 0.250. The van der Waals surface area contributed by atoms with Gasteiger partial charge in [0.2, 0.25) is 0 Å². The molecule has 2 rings (SSSR count). The van der Waals surface area contributed by atoms with Crippen LogP contribution >= 0.6 is 0 Å². The fraction of sp³-hybridized carbons (Fsp3) is 1.00. The number of nitrogens with zero attached hydrogens (tertiary/aromatic N) is 2. The molecule has 0 aromatic heterocycles.